The fourth-order valence-corrected chi connectivity index (χ4v) is 1.79. The molecular formula is C13H21F7. The van der Waals surface area contributed by atoms with Gasteiger partial charge in [-0.05, 0) is 19.3 Å². The van der Waals surface area contributed by atoms with Gasteiger partial charge in [0.2, 0.25) is 11.8 Å². The van der Waals surface area contributed by atoms with E-state index in [9.17, 15) is 30.7 Å². The normalized spacial score (nSPS) is 13.8. The molecule has 0 heterocycles. The van der Waals surface area contributed by atoms with Crippen LogP contribution in [0, 0.1) is 0 Å². The molecule has 0 aliphatic heterocycles. The summed E-state index contributed by atoms with van der Waals surface area (Å²) in [7, 11) is 0. The van der Waals surface area contributed by atoms with Crippen molar-refractivity contribution in [3.63, 3.8) is 0 Å². The van der Waals surface area contributed by atoms with Gasteiger partial charge >= 0.3 is 6.18 Å². The average Bonchev–Trinajstić information content (AvgIpc) is 2.26. The first kappa shape index (κ1) is 19.5. The molecule has 0 aromatic rings. The molecule has 0 atom stereocenters. The molecule has 0 nitrogen and oxygen atoms in total. The number of rotatable bonds is 10. The molecule has 0 bridgehead atoms. The largest absolute Gasteiger partial charge is 0.389 e. The minimum atomic E-state index is -4.41. The van der Waals surface area contributed by atoms with E-state index in [1.807, 2.05) is 0 Å². The summed E-state index contributed by atoms with van der Waals surface area (Å²) < 4.78 is 87.5. The highest BCUT2D eigenvalue weighted by Gasteiger charge is 2.32. The SMILES string of the molecule is CCC(F)(F)CCCCCC(F)(F)CCCC(F)(F)F. The third-order valence-corrected chi connectivity index (χ3v) is 3.11. The standard InChI is InChI=1S/C13H21F7/c1-2-11(14,15)7-4-3-5-8-12(16,17)9-6-10-13(18,19)20/h2-10H2,1H3. The van der Waals surface area contributed by atoms with E-state index >= 15 is 0 Å². The molecule has 0 rings (SSSR count). The molecular weight excluding hydrogens is 289 g/mol. The van der Waals surface area contributed by atoms with Gasteiger partial charge in [0, 0.05) is 32.1 Å². The maximum Gasteiger partial charge on any atom is 0.389 e. The number of hydrogen-bond acceptors (Lipinski definition) is 0. The smallest absolute Gasteiger partial charge is 0.207 e. The lowest BCUT2D eigenvalue weighted by molar-refractivity contribution is -0.139. The third kappa shape index (κ3) is 11.3. The van der Waals surface area contributed by atoms with Crippen molar-refractivity contribution in [3.8, 4) is 0 Å². The lowest BCUT2D eigenvalue weighted by Crippen LogP contribution is -2.18. The summed E-state index contributed by atoms with van der Waals surface area (Å²) in [6.07, 6.45) is -7.75. The first-order chi connectivity index (χ1) is 8.97. The highest BCUT2D eigenvalue weighted by atomic mass is 19.4. The van der Waals surface area contributed by atoms with Gasteiger partial charge in [0.25, 0.3) is 0 Å². The molecule has 0 N–H and O–H groups in total. The van der Waals surface area contributed by atoms with Gasteiger partial charge in [0.05, 0.1) is 0 Å². The highest BCUT2D eigenvalue weighted by molar-refractivity contribution is 4.69. The van der Waals surface area contributed by atoms with E-state index in [-0.39, 0.29) is 32.1 Å². The van der Waals surface area contributed by atoms with Crippen LogP contribution in [-0.4, -0.2) is 18.0 Å². The number of hydrogen-bond donors (Lipinski definition) is 0. The Hall–Kier alpha value is -0.490. The number of halogens is 7. The van der Waals surface area contributed by atoms with Gasteiger partial charge in [-0.1, -0.05) is 13.3 Å². The highest BCUT2D eigenvalue weighted by Crippen LogP contribution is 2.32. The van der Waals surface area contributed by atoms with Crippen molar-refractivity contribution < 1.29 is 30.7 Å². The van der Waals surface area contributed by atoms with Crippen LogP contribution in [0.15, 0.2) is 0 Å². The van der Waals surface area contributed by atoms with Crippen LogP contribution < -0.4 is 0 Å². The summed E-state index contributed by atoms with van der Waals surface area (Å²) in [5.74, 6) is -5.90. The molecule has 20 heavy (non-hydrogen) atoms. The van der Waals surface area contributed by atoms with Crippen molar-refractivity contribution in [2.24, 2.45) is 0 Å². The van der Waals surface area contributed by atoms with E-state index in [0.29, 0.717) is 0 Å². The first-order valence-electron chi connectivity index (χ1n) is 6.80. The van der Waals surface area contributed by atoms with Crippen molar-refractivity contribution in [1.29, 1.82) is 0 Å². The molecule has 0 spiro atoms. The van der Waals surface area contributed by atoms with Crippen molar-refractivity contribution in [3.05, 3.63) is 0 Å². The second-order valence-corrected chi connectivity index (χ2v) is 5.09. The summed E-state index contributed by atoms with van der Waals surface area (Å²) in [4.78, 5) is 0. The van der Waals surface area contributed by atoms with Crippen LogP contribution in [0.25, 0.3) is 0 Å². The summed E-state index contributed by atoms with van der Waals surface area (Å²) >= 11 is 0. The predicted octanol–water partition coefficient (Wildman–Crippen LogP) is 6.35. The molecule has 0 radical (unpaired) electrons. The second kappa shape index (κ2) is 8.08. The Bertz CT molecular complexity index is 258. The van der Waals surface area contributed by atoms with Crippen molar-refractivity contribution in [1.82, 2.24) is 0 Å². The zero-order valence-corrected chi connectivity index (χ0v) is 11.5. The minimum Gasteiger partial charge on any atom is -0.207 e. The molecule has 122 valence electrons. The molecule has 0 amide bonds. The average molecular weight is 310 g/mol. The first-order valence-corrected chi connectivity index (χ1v) is 6.80. The van der Waals surface area contributed by atoms with Crippen LogP contribution in [0.1, 0.15) is 64.7 Å². The Kier molecular flexibility index (Phi) is 7.88. The predicted molar refractivity (Wildman–Crippen MR) is 63.2 cm³/mol. The molecule has 0 unspecified atom stereocenters. The van der Waals surface area contributed by atoms with Crippen LogP contribution >= 0.6 is 0 Å². The molecule has 0 aliphatic carbocycles. The van der Waals surface area contributed by atoms with Gasteiger partial charge < -0.3 is 0 Å². The zero-order chi connectivity index (χ0) is 15.9. The number of unbranched alkanes of at least 4 members (excludes halogenated alkanes) is 2. The molecule has 0 aliphatic rings. The van der Waals surface area contributed by atoms with E-state index in [1.165, 1.54) is 6.92 Å². The fraction of sp³-hybridized carbons (Fsp3) is 1.00. The van der Waals surface area contributed by atoms with Crippen LogP contribution in [-0.2, 0) is 0 Å². The van der Waals surface area contributed by atoms with Crippen LogP contribution in [0.2, 0.25) is 0 Å². The third-order valence-electron chi connectivity index (χ3n) is 3.11. The Morgan fingerprint density at radius 1 is 0.550 bits per heavy atom. The molecule has 0 saturated carbocycles. The minimum absolute atomic E-state index is 0.0544. The molecule has 0 aromatic carbocycles. The van der Waals surface area contributed by atoms with Gasteiger partial charge in [-0.25, -0.2) is 17.6 Å². The molecule has 7 heteroatoms. The molecule has 0 aromatic heterocycles. The Morgan fingerprint density at radius 2 is 1.00 bits per heavy atom. The van der Waals surface area contributed by atoms with E-state index in [0.717, 1.165) is 0 Å². The summed E-state index contributed by atoms with van der Waals surface area (Å²) in [6, 6.07) is 0. The monoisotopic (exact) mass is 310 g/mol. The Balaban J connectivity index is 3.72. The van der Waals surface area contributed by atoms with E-state index in [1.54, 1.807) is 0 Å². The van der Waals surface area contributed by atoms with Gasteiger partial charge in [-0.15, -0.1) is 0 Å². The van der Waals surface area contributed by atoms with Crippen LogP contribution in [0.5, 0.6) is 0 Å². The second-order valence-electron chi connectivity index (χ2n) is 5.09. The zero-order valence-electron chi connectivity index (χ0n) is 11.5. The van der Waals surface area contributed by atoms with E-state index < -0.39 is 43.7 Å². The quantitative estimate of drug-likeness (QED) is 0.326. The van der Waals surface area contributed by atoms with Gasteiger partial charge in [0.15, 0.2) is 0 Å². The van der Waals surface area contributed by atoms with Gasteiger partial charge in [-0.2, -0.15) is 13.2 Å². The lowest BCUT2D eigenvalue weighted by atomic mass is 10.0. The van der Waals surface area contributed by atoms with Crippen molar-refractivity contribution >= 4 is 0 Å². The fourth-order valence-electron chi connectivity index (χ4n) is 1.79. The lowest BCUT2D eigenvalue weighted by Gasteiger charge is -2.17. The van der Waals surface area contributed by atoms with Gasteiger partial charge in [-0.3, -0.25) is 0 Å². The van der Waals surface area contributed by atoms with Crippen LogP contribution in [0.4, 0.5) is 30.7 Å². The Morgan fingerprint density at radius 3 is 1.45 bits per heavy atom. The summed E-state index contributed by atoms with van der Waals surface area (Å²) in [5.41, 5.74) is 0. The van der Waals surface area contributed by atoms with Gasteiger partial charge in [0.1, 0.15) is 0 Å². The van der Waals surface area contributed by atoms with E-state index in [2.05, 4.69) is 0 Å². The number of alkyl halides is 7. The molecule has 0 fully saturated rings. The topological polar surface area (TPSA) is 0 Å². The van der Waals surface area contributed by atoms with Crippen molar-refractivity contribution in [2.45, 2.75) is 82.7 Å². The van der Waals surface area contributed by atoms with Crippen LogP contribution in [0.3, 0.4) is 0 Å². The Labute approximate surface area is 114 Å². The molecule has 0 saturated heterocycles. The maximum atomic E-state index is 13.2. The van der Waals surface area contributed by atoms with Crippen molar-refractivity contribution in [2.75, 3.05) is 0 Å². The summed E-state index contributed by atoms with van der Waals surface area (Å²) in [6.45, 7) is 1.36. The maximum absolute atomic E-state index is 13.2. The summed E-state index contributed by atoms with van der Waals surface area (Å²) in [5, 5.41) is 0. The van der Waals surface area contributed by atoms with E-state index in [4.69, 9.17) is 0 Å².